The van der Waals surface area contributed by atoms with E-state index in [0.717, 1.165) is 44.9 Å². The molecule has 336 valence electrons. The number of hydrogen-bond acceptors (Lipinski definition) is 4. The molecule has 57 heavy (non-hydrogen) atoms. The summed E-state index contributed by atoms with van der Waals surface area (Å²) in [6, 6.07) is -0.764. The van der Waals surface area contributed by atoms with Crippen LogP contribution in [0.4, 0.5) is 0 Å². The largest absolute Gasteiger partial charge is 0.394 e. The number of aliphatic hydroxyl groups is 3. The fourth-order valence-corrected chi connectivity index (χ4v) is 7.76. The third-order valence-corrected chi connectivity index (χ3v) is 11.6. The molecule has 0 spiro atoms. The Morgan fingerprint density at radius 2 is 0.754 bits per heavy atom. The van der Waals surface area contributed by atoms with Crippen molar-refractivity contribution in [3.8, 4) is 0 Å². The fourth-order valence-electron chi connectivity index (χ4n) is 7.76. The van der Waals surface area contributed by atoms with E-state index in [1.165, 1.54) is 193 Å². The molecule has 0 aromatic rings. The molecular weight excluding hydrogens is 703 g/mol. The second-order valence-corrected chi connectivity index (χ2v) is 17.4. The van der Waals surface area contributed by atoms with Crippen molar-refractivity contribution < 1.29 is 20.1 Å². The summed E-state index contributed by atoms with van der Waals surface area (Å²) in [5.74, 6) is -0.328. The van der Waals surface area contributed by atoms with Crippen LogP contribution in [0, 0.1) is 0 Å². The van der Waals surface area contributed by atoms with E-state index in [1.54, 1.807) is 6.08 Å². The van der Waals surface area contributed by atoms with Gasteiger partial charge in [0.2, 0.25) is 5.91 Å². The summed E-state index contributed by atoms with van der Waals surface area (Å²) in [4.78, 5) is 12.5. The summed E-state index contributed by atoms with van der Waals surface area (Å²) >= 11 is 0. The summed E-state index contributed by atoms with van der Waals surface area (Å²) in [6.07, 6.45) is 60.2. The van der Waals surface area contributed by atoms with Crippen LogP contribution in [0.15, 0.2) is 36.5 Å². The van der Waals surface area contributed by atoms with Crippen LogP contribution in [0.1, 0.15) is 264 Å². The van der Waals surface area contributed by atoms with E-state index in [0.29, 0.717) is 6.42 Å². The van der Waals surface area contributed by atoms with Crippen molar-refractivity contribution in [2.24, 2.45) is 0 Å². The Morgan fingerprint density at radius 3 is 1.12 bits per heavy atom. The highest BCUT2D eigenvalue weighted by Gasteiger charge is 2.20. The number of carbonyl (C=O) groups is 1. The molecule has 3 unspecified atom stereocenters. The first kappa shape index (κ1) is 55.6. The van der Waals surface area contributed by atoms with E-state index >= 15 is 0 Å². The van der Waals surface area contributed by atoms with Gasteiger partial charge < -0.3 is 20.6 Å². The van der Waals surface area contributed by atoms with Gasteiger partial charge in [0, 0.05) is 0 Å². The first-order valence-electron chi connectivity index (χ1n) is 25.3. The Bertz CT molecular complexity index is 885. The summed E-state index contributed by atoms with van der Waals surface area (Å²) in [5.41, 5.74) is 0. The minimum atomic E-state index is -0.954. The van der Waals surface area contributed by atoms with Gasteiger partial charge >= 0.3 is 0 Å². The van der Waals surface area contributed by atoms with Crippen molar-refractivity contribution >= 4 is 5.91 Å². The molecule has 0 rings (SSSR count). The lowest BCUT2D eigenvalue weighted by Crippen LogP contribution is -2.45. The normalized spacial score (nSPS) is 13.7. The van der Waals surface area contributed by atoms with E-state index in [9.17, 15) is 20.1 Å². The number of amides is 1. The molecule has 0 aromatic carbocycles. The van der Waals surface area contributed by atoms with Gasteiger partial charge in [0.1, 0.15) is 0 Å². The molecule has 0 bridgehead atoms. The zero-order valence-corrected chi connectivity index (χ0v) is 38.2. The maximum Gasteiger partial charge on any atom is 0.222 e. The summed E-state index contributed by atoms with van der Waals surface area (Å²) < 4.78 is 0. The predicted octanol–water partition coefficient (Wildman–Crippen LogP) is 15.1. The zero-order valence-electron chi connectivity index (χ0n) is 38.2. The molecule has 0 radical (unpaired) electrons. The first-order valence-corrected chi connectivity index (χ1v) is 25.3. The average molecular weight is 802 g/mol. The lowest BCUT2D eigenvalue weighted by atomic mass is 10.0. The number of allylic oxidation sites excluding steroid dienone is 5. The van der Waals surface area contributed by atoms with Crippen molar-refractivity contribution in [2.75, 3.05) is 6.61 Å². The Morgan fingerprint density at radius 1 is 0.439 bits per heavy atom. The number of carbonyl (C=O) groups excluding carboxylic acids is 1. The molecule has 0 aromatic heterocycles. The first-order chi connectivity index (χ1) is 28.0. The zero-order chi connectivity index (χ0) is 41.5. The van der Waals surface area contributed by atoms with Crippen LogP contribution in [0.3, 0.4) is 0 Å². The SMILES string of the molecule is CCCCCCCCCCCCC/C=C\CCCCCCCC(O)CC(=O)NC(CO)C(O)/C=C/CC/C=C/CCCCCCCCCCCCCCCCCC. The van der Waals surface area contributed by atoms with Crippen molar-refractivity contribution in [1.29, 1.82) is 0 Å². The second kappa shape index (κ2) is 47.3. The number of aliphatic hydroxyl groups excluding tert-OH is 3. The van der Waals surface area contributed by atoms with E-state index < -0.39 is 18.2 Å². The minimum absolute atomic E-state index is 0.00104. The van der Waals surface area contributed by atoms with E-state index in [-0.39, 0.29) is 18.9 Å². The molecule has 5 nitrogen and oxygen atoms in total. The lowest BCUT2D eigenvalue weighted by Gasteiger charge is -2.20. The monoisotopic (exact) mass is 802 g/mol. The summed E-state index contributed by atoms with van der Waals surface area (Å²) in [5, 5.41) is 33.3. The Kier molecular flexibility index (Phi) is 46.1. The van der Waals surface area contributed by atoms with Gasteiger partial charge in [-0.2, -0.15) is 0 Å². The molecule has 0 saturated heterocycles. The Labute approximate surface area is 355 Å². The van der Waals surface area contributed by atoms with Crippen molar-refractivity contribution in [2.45, 2.75) is 283 Å². The van der Waals surface area contributed by atoms with Crippen LogP contribution in [0.25, 0.3) is 0 Å². The van der Waals surface area contributed by atoms with Crippen molar-refractivity contribution in [1.82, 2.24) is 5.32 Å². The lowest BCUT2D eigenvalue weighted by molar-refractivity contribution is -0.124. The Balaban J connectivity index is 3.66. The van der Waals surface area contributed by atoms with Crippen molar-refractivity contribution in [3.63, 3.8) is 0 Å². The Hall–Kier alpha value is -1.43. The van der Waals surface area contributed by atoms with E-state index in [2.05, 4.69) is 43.5 Å². The third kappa shape index (κ3) is 44.0. The van der Waals surface area contributed by atoms with Gasteiger partial charge in [-0.05, 0) is 57.8 Å². The smallest absolute Gasteiger partial charge is 0.222 e. The minimum Gasteiger partial charge on any atom is -0.394 e. The summed E-state index contributed by atoms with van der Waals surface area (Å²) in [6.45, 7) is 4.22. The third-order valence-electron chi connectivity index (χ3n) is 11.6. The molecule has 0 aliphatic rings. The molecule has 0 fully saturated rings. The van der Waals surface area contributed by atoms with Crippen molar-refractivity contribution in [3.05, 3.63) is 36.5 Å². The van der Waals surface area contributed by atoms with Crippen LogP contribution < -0.4 is 5.32 Å². The molecular formula is C52H99NO4. The molecule has 3 atom stereocenters. The highest BCUT2D eigenvalue weighted by Crippen LogP contribution is 2.16. The number of hydrogen-bond donors (Lipinski definition) is 4. The van der Waals surface area contributed by atoms with Gasteiger partial charge in [0.25, 0.3) is 0 Å². The van der Waals surface area contributed by atoms with Gasteiger partial charge in [-0.25, -0.2) is 0 Å². The molecule has 0 aliphatic heterocycles. The molecule has 5 heteroatoms. The van der Waals surface area contributed by atoms with Gasteiger partial charge in [-0.15, -0.1) is 0 Å². The second-order valence-electron chi connectivity index (χ2n) is 17.4. The maximum absolute atomic E-state index is 12.5. The predicted molar refractivity (Wildman–Crippen MR) is 250 cm³/mol. The van der Waals surface area contributed by atoms with Crippen LogP contribution >= 0.6 is 0 Å². The topological polar surface area (TPSA) is 89.8 Å². The number of rotatable bonds is 46. The highest BCUT2D eigenvalue weighted by molar-refractivity contribution is 5.76. The van der Waals surface area contributed by atoms with Crippen LogP contribution in [0.5, 0.6) is 0 Å². The van der Waals surface area contributed by atoms with Gasteiger partial charge in [0.05, 0.1) is 31.3 Å². The number of nitrogens with one attached hydrogen (secondary N) is 1. The highest BCUT2D eigenvalue weighted by atomic mass is 16.3. The molecule has 0 aliphatic carbocycles. The van der Waals surface area contributed by atoms with Crippen LogP contribution in [0.2, 0.25) is 0 Å². The maximum atomic E-state index is 12.5. The van der Waals surface area contributed by atoms with Gasteiger partial charge in [-0.1, -0.05) is 237 Å². The number of unbranched alkanes of at least 4 members (excludes halogenated alkanes) is 33. The molecule has 4 N–H and O–H groups in total. The van der Waals surface area contributed by atoms with E-state index in [1.807, 2.05) is 6.08 Å². The van der Waals surface area contributed by atoms with Crippen LogP contribution in [-0.2, 0) is 4.79 Å². The molecule has 0 saturated carbocycles. The van der Waals surface area contributed by atoms with E-state index in [4.69, 9.17) is 0 Å². The molecule has 0 heterocycles. The van der Waals surface area contributed by atoms with Gasteiger partial charge in [-0.3, -0.25) is 4.79 Å². The molecule has 1 amide bonds. The fraction of sp³-hybridized carbons (Fsp3) is 0.865. The van der Waals surface area contributed by atoms with Crippen LogP contribution in [-0.4, -0.2) is 46.1 Å². The summed E-state index contributed by atoms with van der Waals surface area (Å²) in [7, 11) is 0. The standard InChI is InChI=1S/C52H99NO4/c1-3-5-7-9-11-13-15-17-19-21-23-25-26-28-30-32-34-36-38-40-42-44-46-51(56)50(48-54)53-52(57)47-49(55)45-43-41-39-37-35-33-31-29-27-24-22-20-18-16-14-12-10-8-6-4-2/h29,31,36,38,44,46,49-51,54-56H,3-28,30,32-35,37,39-43,45,47-48H2,1-2H3,(H,53,57)/b31-29-,38-36+,46-44+. The quantitative estimate of drug-likeness (QED) is 0.0365. The van der Waals surface area contributed by atoms with Gasteiger partial charge in [0.15, 0.2) is 0 Å². The average Bonchev–Trinajstić information content (AvgIpc) is 3.20.